The van der Waals surface area contributed by atoms with Crippen molar-refractivity contribution in [2.24, 2.45) is 5.73 Å². The third kappa shape index (κ3) is 5.52. The fourth-order valence-electron chi connectivity index (χ4n) is 0.973. The highest BCUT2D eigenvalue weighted by atomic mass is 16.5. The molecule has 0 aromatic rings. The lowest BCUT2D eigenvalue weighted by atomic mass is 10.1. The van der Waals surface area contributed by atoms with E-state index in [4.69, 9.17) is 15.2 Å². The van der Waals surface area contributed by atoms with E-state index in [1.807, 2.05) is 27.7 Å². The number of ether oxygens (including phenoxy) is 2. The van der Waals surface area contributed by atoms with Crippen molar-refractivity contribution in [2.45, 2.75) is 45.4 Å². The Morgan fingerprint density at radius 3 is 2.17 bits per heavy atom. The Bertz CT molecular complexity index is 120. The van der Waals surface area contributed by atoms with Crippen LogP contribution in [0.25, 0.3) is 0 Å². The van der Waals surface area contributed by atoms with Gasteiger partial charge in [0.15, 0.2) is 0 Å². The normalized spacial score (nSPS) is 17.5. The van der Waals surface area contributed by atoms with Crippen molar-refractivity contribution < 1.29 is 9.47 Å². The van der Waals surface area contributed by atoms with Crippen molar-refractivity contribution in [3.8, 4) is 0 Å². The van der Waals surface area contributed by atoms with Crippen LogP contribution >= 0.6 is 0 Å². The summed E-state index contributed by atoms with van der Waals surface area (Å²) in [6.07, 6.45) is 0.0324. The molecule has 2 N–H and O–H groups in total. The first-order valence-corrected chi connectivity index (χ1v) is 4.29. The first kappa shape index (κ1) is 11.9. The van der Waals surface area contributed by atoms with Gasteiger partial charge >= 0.3 is 0 Å². The Kier molecular flexibility index (Phi) is 4.75. The van der Waals surface area contributed by atoms with Crippen LogP contribution in [0.1, 0.15) is 27.7 Å². The molecule has 12 heavy (non-hydrogen) atoms. The van der Waals surface area contributed by atoms with Crippen LogP contribution in [0.15, 0.2) is 0 Å². The highest BCUT2D eigenvalue weighted by Crippen LogP contribution is 2.12. The number of rotatable bonds is 4. The van der Waals surface area contributed by atoms with Crippen molar-refractivity contribution in [3.63, 3.8) is 0 Å². The van der Waals surface area contributed by atoms with Crippen LogP contribution in [-0.4, -0.2) is 31.5 Å². The molecule has 0 aliphatic rings. The molecule has 74 valence electrons. The molecule has 0 rings (SSSR count). The van der Waals surface area contributed by atoms with E-state index in [0.717, 1.165) is 0 Å². The minimum atomic E-state index is -0.134. The van der Waals surface area contributed by atoms with E-state index in [1.165, 1.54) is 0 Å². The Labute approximate surface area is 75.2 Å². The third-order valence-electron chi connectivity index (χ3n) is 1.50. The second-order valence-corrected chi connectivity index (χ2v) is 4.05. The molecule has 0 aromatic heterocycles. The SMILES string of the molecule is COCC(N)C(C)OC(C)(C)C. The number of nitrogens with two attached hydrogens (primary N) is 1. The zero-order valence-electron chi connectivity index (χ0n) is 8.76. The largest absolute Gasteiger partial charge is 0.383 e. The summed E-state index contributed by atoms with van der Waals surface area (Å²) in [5.74, 6) is 0. The first-order valence-electron chi connectivity index (χ1n) is 4.29. The topological polar surface area (TPSA) is 44.5 Å². The summed E-state index contributed by atoms with van der Waals surface area (Å²) in [5, 5.41) is 0. The van der Waals surface area contributed by atoms with E-state index >= 15 is 0 Å². The molecular weight excluding hydrogens is 154 g/mol. The second-order valence-electron chi connectivity index (χ2n) is 4.05. The minimum Gasteiger partial charge on any atom is -0.383 e. The highest BCUT2D eigenvalue weighted by molar-refractivity contribution is 4.72. The molecular formula is C9H21NO2. The van der Waals surface area contributed by atoms with Crippen LogP contribution in [0.2, 0.25) is 0 Å². The maximum absolute atomic E-state index is 5.78. The maximum Gasteiger partial charge on any atom is 0.0727 e. The molecule has 2 unspecified atom stereocenters. The summed E-state index contributed by atoms with van der Waals surface area (Å²) in [5.41, 5.74) is 5.65. The monoisotopic (exact) mass is 175 g/mol. The van der Waals surface area contributed by atoms with Crippen molar-refractivity contribution in [1.82, 2.24) is 0 Å². The van der Waals surface area contributed by atoms with Gasteiger partial charge in [0.05, 0.1) is 24.4 Å². The lowest BCUT2D eigenvalue weighted by Crippen LogP contribution is -2.42. The average Bonchev–Trinajstić information content (AvgIpc) is 1.84. The van der Waals surface area contributed by atoms with Crippen LogP contribution < -0.4 is 5.73 Å². The average molecular weight is 175 g/mol. The molecule has 0 bridgehead atoms. The summed E-state index contributed by atoms with van der Waals surface area (Å²) in [6.45, 7) is 8.56. The Morgan fingerprint density at radius 1 is 1.33 bits per heavy atom. The predicted octanol–water partition coefficient (Wildman–Crippen LogP) is 1.16. The van der Waals surface area contributed by atoms with Crippen LogP contribution in [-0.2, 0) is 9.47 Å². The van der Waals surface area contributed by atoms with Gasteiger partial charge in [-0.15, -0.1) is 0 Å². The summed E-state index contributed by atoms with van der Waals surface area (Å²) in [4.78, 5) is 0. The zero-order chi connectivity index (χ0) is 9.78. The molecule has 2 atom stereocenters. The molecule has 0 saturated heterocycles. The van der Waals surface area contributed by atoms with Crippen molar-refractivity contribution >= 4 is 0 Å². The van der Waals surface area contributed by atoms with Crippen LogP contribution in [0, 0.1) is 0 Å². The quantitative estimate of drug-likeness (QED) is 0.697. The summed E-state index contributed by atoms with van der Waals surface area (Å²) in [7, 11) is 1.64. The number of methoxy groups -OCH3 is 1. The van der Waals surface area contributed by atoms with Gasteiger partial charge in [-0.3, -0.25) is 0 Å². The van der Waals surface area contributed by atoms with Gasteiger partial charge in [0.2, 0.25) is 0 Å². The van der Waals surface area contributed by atoms with Gasteiger partial charge in [-0.25, -0.2) is 0 Å². The summed E-state index contributed by atoms with van der Waals surface area (Å²) < 4.78 is 10.6. The lowest BCUT2D eigenvalue weighted by molar-refractivity contribution is -0.0692. The van der Waals surface area contributed by atoms with E-state index in [2.05, 4.69) is 0 Å². The molecule has 3 nitrogen and oxygen atoms in total. The Hall–Kier alpha value is -0.120. The minimum absolute atomic E-state index is 0.0324. The third-order valence-corrected chi connectivity index (χ3v) is 1.50. The van der Waals surface area contributed by atoms with Crippen molar-refractivity contribution in [3.05, 3.63) is 0 Å². The molecule has 0 aliphatic heterocycles. The van der Waals surface area contributed by atoms with Gasteiger partial charge in [-0.2, -0.15) is 0 Å². The van der Waals surface area contributed by atoms with Crippen molar-refractivity contribution in [1.29, 1.82) is 0 Å². The molecule has 0 aliphatic carbocycles. The Morgan fingerprint density at radius 2 is 1.83 bits per heavy atom. The summed E-state index contributed by atoms with van der Waals surface area (Å²) >= 11 is 0. The molecule has 0 spiro atoms. The zero-order valence-corrected chi connectivity index (χ0v) is 8.76. The van der Waals surface area contributed by atoms with Crippen LogP contribution in [0.5, 0.6) is 0 Å². The highest BCUT2D eigenvalue weighted by Gasteiger charge is 2.20. The number of hydrogen-bond donors (Lipinski definition) is 1. The van der Waals surface area contributed by atoms with Crippen LogP contribution in [0.3, 0.4) is 0 Å². The van der Waals surface area contributed by atoms with Gasteiger partial charge in [0, 0.05) is 7.11 Å². The molecule has 3 heteroatoms. The van der Waals surface area contributed by atoms with Gasteiger partial charge in [-0.05, 0) is 27.7 Å². The van der Waals surface area contributed by atoms with Gasteiger partial charge < -0.3 is 15.2 Å². The van der Waals surface area contributed by atoms with Gasteiger partial charge in [0.25, 0.3) is 0 Å². The standard InChI is InChI=1S/C9H21NO2/c1-7(8(10)6-11-5)12-9(2,3)4/h7-8H,6,10H2,1-5H3. The summed E-state index contributed by atoms with van der Waals surface area (Å²) in [6, 6.07) is -0.0470. The van der Waals surface area contributed by atoms with Gasteiger partial charge in [-0.1, -0.05) is 0 Å². The molecule has 0 saturated carbocycles. The number of hydrogen-bond acceptors (Lipinski definition) is 3. The Balaban J connectivity index is 3.78. The lowest BCUT2D eigenvalue weighted by Gasteiger charge is -2.28. The first-order chi connectivity index (χ1) is 5.37. The fourth-order valence-corrected chi connectivity index (χ4v) is 0.973. The molecule has 0 aromatic carbocycles. The van der Waals surface area contributed by atoms with E-state index in [1.54, 1.807) is 7.11 Å². The maximum atomic E-state index is 5.78. The second kappa shape index (κ2) is 4.80. The fraction of sp³-hybridized carbons (Fsp3) is 1.00. The molecule has 0 heterocycles. The van der Waals surface area contributed by atoms with E-state index in [0.29, 0.717) is 6.61 Å². The van der Waals surface area contributed by atoms with E-state index in [9.17, 15) is 0 Å². The molecule has 0 amide bonds. The molecule has 0 radical (unpaired) electrons. The molecule has 0 fully saturated rings. The smallest absolute Gasteiger partial charge is 0.0727 e. The van der Waals surface area contributed by atoms with E-state index in [-0.39, 0.29) is 17.7 Å². The van der Waals surface area contributed by atoms with Gasteiger partial charge in [0.1, 0.15) is 0 Å². The van der Waals surface area contributed by atoms with Crippen LogP contribution in [0.4, 0.5) is 0 Å². The van der Waals surface area contributed by atoms with Crippen molar-refractivity contribution in [2.75, 3.05) is 13.7 Å². The van der Waals surface area contributed by atoms with E-state index < -0.39 is 0 Å². The predicted molar refractivity (Wildman–Crippen MR) is 50.2 cm³/mol.